The number of aromatic nitrogens is 1. The van der Waals surface area contributed by atoms with E-state index < -0.39 is 17.5 Å². The molecule has 0 spiro atoms. The van der Waals surface area contributed by atoms with E-state index in [1.807, 2.05) is 62.4 Å². The fraction of sp³-hybridized carbons (Fsp3) is 0.370. The molecule has 176 valence electrons. The van der Waals surface area contributed by atoms with E-state index in [2.05, 4.69) is 9.88 Å². The first-order valence-electron chi connectivity index (χ1n) is 11.7. The van der Waals surface area contributed by atoms with Crippen molar-refractivity contribution in [3.8, 4) is 0 Å². The molecule has 3 amide bonds. The molecule has 3 aromatic rings. The summed E-state index contributed by atoms with van der Waals surface area (Å²) < 4.78 is 7.85. The van der Waals surface area contributed by atoms with Crippen molar-refractivity contribution in [3.05, 3.63) is 71.0 Å². The lowest BCUT2D eigenvalue weighted by atomic mass is 9.88. The topological polar surface area (TPSA) is 80.6 Å². The minimum absolute atomic E-state index is 0.153. The molecule has 3 heterocycles. The van der Waals surface area contributed by atoms with Gasteiger partial charge in [-0.25, -0.2) is 4.79 Å². The van der Waals surface area contributed by atoms with Crippen LogP contribution < -0.4 is 5.32 Å². The number of benzene rings is 2. The summed E-state index contributed by atoms with van der Waals surface area (Å²) in [6, 6.07) is 14.7. The summed E-state index contributed by atoms with van der Waals surface area (Å²) in [4.78, 5) is 40.7. The smallest absolute Gasteiger partial charge is 0.325 e. The van der Waals surface area contributed by atoms with Crippen LogP contribution in [0.1, 0.15) is 47.1 Å². The van der Waals surface area contributed by atoms with Crippen molar-refractivity contribution in [1.29, 1.82) is 0 Å². The summed E-state index contributed by atoms with van der Waals surface area (Å²) >= 11 is 0. The molecule has 0 radical (unpaired) electrons. The highest BCUT2D eigenvalue weighted by Crippen LogP contribution is 2.34. The fourth-order valence-electron chi connectivity index (χ4n) is 5.27. The fourth-order valence-corrected chi connectivity index (χ4v) is 5.27. The normalized spacial score (nSPS) is 22.6. The monoisotopic (exact) mass is 459 g/mol. The molecule has 7 heteroatoms. The Kier molecular flexibility index (Phi) is 5.52. The number of fused-ring (bicyclic) bond motifs is 1. The highest BCUT2D eigenvalue weighted by atomic mass is 16.5. The molecule has 0 aliphatic carbocycles. The van der Waals surface area contributed by atoms with Gasteiger partial charge in [0.1, 0.15) is 5.54 Å². The van der Waals surface area contributed by atoms with Gasteiger partial charge in [0.15, 0.2) is 5.78 Å². The van der Waals surface area contributed by atoms with Gasteiger partial charge in [-0.05, 0) is 56.0 Å². The standard InChI is InChI=1S/C27H29N3O4/c1-17-14-22(18(2)29(17)15-20-10-7-13-34-20)24(31)16-30-25(32)27(3,28-26(30)33)23-12-6-9-19-8-4-5-11-21(19)23/h4-6,8-9,11-12,14,20H,7,10,13,15-16H2,1-3H3,(H,28,33)/t20-,27-/m1/s1. The van der Waals surface area contributed by atoms with Crippen LogP contribution in [0.3, 0.4) is 0 Å². The van der Waals surface area contributed by atoms with Crippen molar-refractivity contribution in [2.45, 2.75) is 51.8 Å². The van der Waals surface area contributed by atoms with Crippen LogP contribution in [0.5, 0.6) is 0 Å². The van der Waals surface area contributed by atoms with Gasteiger partial charge in [-0.1, -0.05) is 42.5 Å². The van der Waals surface area contributed by atoms with E-state index >= 15 is 0 Å². The molecular formula is C27H29N3O4. The van der Waals surface area contributed by atoms with Gasteiger partial charge in [-0.2, -0.15) is 0 Å². The number of aryl methyl sites for hydroxylation is 1. The number of carbonyl (C=O) groups excluding carboxylic acids is 3. The van der Waals surface area contributed by atoms with E-state index in [1.165, 1.54) is 0 Å². The van der Waals surface area contributed by atoms with Crippen molar-refractivity contribution in [3.63, 3.8) is 0 Å². The first-order valence-corrected chi connectivity index (χ1v) is 11.7. The molecule has 2 saturated heterocycles. The number of ether oxygens (including phenoxy) is 1. The lowest BCUT2D eigenvalue weighted by Crippen LogP contribution is -2.41. The maximum absolute atomic E-state index is 13.5. The highest BCUT2D eigenvalue weighted by Gasteiger charge is 2.50. The zero-order chi connectivity index (χ0) is 24.0. The summed E-state index contributed by atoms with van der Waals surface area (Å²) in [7, 11) is 0. The first-order chi connectivity index (χ1) is 16.3. The molecule has 5 rings (SSSR count). The average molecular weight is 460 g/mol. The third-order valence-electron chi connectivity index (χ3n) is 7.19. The van der Waals surface area contributed by atoms with E-state index in [-0.39, 0.29) is 18.4 Å². The quantitative estimate of drug-likeness (QED) is 0.445. The van der Waals surface area contributed by atoms with Crippen LogP contribution in [-0.4, -0.2) is 46.4 Å². The van der Waals surface area contributed by atoms with E-state index in [0.717, 1.165) is 46.5 Å². The van der Waals surface area contributed by atoms with E-state index in [1.54, 1.807) is 6.92 Å². The van der Waals surface area contributed by atoms with Crippen LogP contribution in [0.2, 0.25) is 0 Å². The largest absolute Gasteiger partial charge is 0.376 e. The van der Waals surface area contributed by atoms with Crippen LogP contribution in [-0.2, 0) is 21.6 Å². The minimum Gasteiger partial charge on any atom is -0.376 e. The van der Waals surface area contributed by atoms with Crippen molar-refractivity contribution in [2.75, 3.05) is 13.2 Å². The number of rotatable bonds is 6. The van der Waals surface area contributed by atoms with Crippen LogP contribution in [0.4, 0.5) is 4.79 Å². The van der Waals surface area contributed by atoms with E-state index in [4.69, 9.17) is 4.74 Å². The predicted octanol–water partition coefficient (Wildman–Crippen LogP) is 4.09. The number of hydrogen-bond donors (Lipinski definition) is 1. The Bertz CT molecular complexity index is 1300. The Labute approximate surface area is 198 Å². The average Bonchev–Trinajstić information content (AvgIpc) is 3.50. The SMILES string of the molecule is Cc1cc(C(=O)CN2C(=O)N[C@](C)(c3cccc4ccccc34)C2=O)c(C)n1C[C@H]1CCCO1. The molecule has 7 nitrogen and oxygen atoms in total. The second-order valence-electron chi connectivity index (χ2n) is 9.43. The van der Waals surface area contributed by atoms with Gasteiger partial charge in [-0.15, -0.1) is 0 Å². The Hall–Kier alpha value is -3.45. The predicted molar refractivity (Wildman–Crippen MR) is 129 cm³/mol. The molecule has 2 aromatic carbocycles. The number of carbonyl (C=O) groups is 3. The van der Waals surface area contributed by atoms with Gasteiger partial charge in [0.05, 0.1) is 12.6 Å². The van der Waals surface area contributed by atoms with E-state index in [0.29, 0.717) is 17.7 Å². The number of ketones is 1. The van der Waals surface area contributed by atoms with Gasteiger partial charge in [0.25, 0.3) is 5.91 Å². The van der Waals surface area contributed by atoms with Crippen LogP contribution >= 0.6 is 0 Å². The maximum Gasteiger partial charge on any atom is 0.325 e. The van der Waals surface area contributed by atoms with Crippen molar-refractivity contribution < 1.29 is 19.1 Å². The number of amides is 3. The zero-order valence-electron chi connectivity index (χ0n) is 19.8. The Morgan fingerprint density at radius 1 is 1.15 bits per heavy atom. The summed E-state index contributed by atoms with van der Waals surface area (Å²) in [5, 5.41) is 4.72. The Morgan fingerprint density at radius 3 is 2.68 bits per heavy atom. The molecule has 2 fully saturated rings. The number of urea groups is 1. The molecule has 1 N–H and O–H groups in total. The first kappa shape index (κ1) is 22.3. The van der Waals surface area contributed by atoms with Crippen LogP contribution in [0.15, 0.2) is 48.5 Å². The summed E-state index contributed by atoms with van der Waals surface area (Å²) in [5.74, 6) is -0.673. The molecule has 1 aromatic heterocycles. The highest BCUT2D eigenvalue weighted by molar-refractivity contribution is 6.12. The van der Waals surface area contributed by atoms with E-state index in [9.17, 15) is 14.4 Å². The van der Waals surface area contributed by atoms with Gasteiger partial charge in [-0.3, -0.25) is 14.5 Å². The second kappa shape index (κ2) is 8.40. The number of nitrogens with zero attached hydrogens (tertiary/aromatic N) is 2. The molecule has 2 aliphatic heterocycles. The van der Waals surface area contributed by atoms with Crippen molar-refractivity contribution in [2.24, 2.45) is 0 Å². The number of nitrogens with one attached hydrogen (secondary N) is 1. The van der Waals surface area contributed by atoms with Gasteiger partial charge in [0.2, 0.25) is 0 Å². The van der Waals surface area contributed by atoms with Gasteiger partial charge >= 0.3 is 6.03 Å². The zero-order valence-corrected chi connectivity index (χ0v) is 19.8. The van der Waals surface area contributed by atoms with Gasteiger partial charge in [0, 0.05) is 30.1 Å². The second-order valence-corrected chi connectivity index (χ2v) is 9.43. The Balaban J connectivity index is 1.40. The molecule has 0 saturated carbocycles. The number of hydrogen-bond acceptors (Lipinski definition) is 4. The third kappa shape index (κ3) is 3.60. The summed E-state index contributed by atoms with van der Waals surface area (Å²) in [6.45, 7) is 6.75. The molecule has 2 aliphatic rings. The number of imide groups is 1. The molecule has 2 atom stereocenters. The summed E-state index contributed by atoms with van der Waals surface area (Å²) in [5.41, 5.74) is 1.81. The molecule has 0 bridgehead atoms. The van der Waals surface area contributed by atoms with Crippen molar-refractivity contribution in [1.82, 2.24) is 14.8 Å². The minimum atomic E-state index is -1.24. The van der Waals surface area contributed by atoms with Crippen LogP contribution in [0, 0.1) is 13.8 Å². The van der Waals surface area contributed by atoms with Crippen LogP contribution in [0.25, 0.3) is 10.8 Å². The van der Waals surface area contributed by atoms with Crippen molar-refractivity contribution >= 4 is 28.5 Å². The molecular weight excluding hydrogens is 430 g/mol. The molecule has 34 heavy (non-hydrogen) atoms. The molecule has 0 unspecified atom stereocenters. The third-order valence-corrected chi connectivity index (χ3v) is 7.19. The Morgan fingerprint density at radius 2 is 1.91 bits per heavy atom. The summed E-state index contributed by atoms with van der Waals surface area (Å²) in [6.07, 6.45) is 2.22. The van der Waals surface area contributed by atoms with Gasteiger partial charge < -0.3 is 14.6 Å². The number of Topliss-reactive ketones (excluding diaryl/α,β-unsaturated/α-hetero) is 1. The maximum atomic E-state index is 13.5. The lowest BCUT2D eigenvalue weighted by Gasteiger charge is -2.24. The lowest BCUT2D eigenvalue weighted by molar-refractivity contribution is -0.130.